The lowest BCUT2D eigenvalue weighted by Crippen LogP contribution is -2.21. The Bertz CT molecular complexity index is 1430. The van der Waals surface area contributed by atoms with Crippen LogP contribution in [-0.4, -0.2) is 0 Å². The molecule has 1 heteroatoms. The lowest BCUT2D eigenvalue weighted by atomic mass is 9.75. The Morgan fingerprint density at radius 1 is 0.457 bits per heavy atom. The molecule has 0 fully saturated rings. The summed E-state index contributed by atoms with van der Waals surface area (Å²) in [6, 6.07) is 43.5. The molecule has 0 radical (unpaired) electrons. The highest BCUT2D eigenvalue weighted by Gasteiger charge is 2.28. The van der Waals surface area contributed by atoms with Crippen LogP contribution in [0.25, 0.3) is 10.8 Å². The zero-order valence-corrected chi connectivity index (χ0v) is 21.0. The van der Waals surface area contributed by atoms with E-state index in [1.165, 1.54) is 33.0 Å². The Labute approximate surface area is 209 Å². The molecule has 0 heterocycles. The molecule has 1 nitrogen and oxygen atoms in total. The Balaban J connectivity index is 1.54. The molecule has 0 aliphatic rings. The molecule has 5 aromatic rings. The van der Waals surface area contributed by atoms with Crippen LogP contribution in [0.4, 0.5) is 11.4 Å². The van der Waals surface area contributed by atoms with Crippen LogP contribution in [0, 0.1) is 0 Å². The Morgan fingerprint density at radius 3 is 1.60 bits per heavy atom. The monoisotopic (exact) mass is 455 g/mol. The number of anilines is 2. The summed E-state index contributed by atoms with van der Waals surface area (Å²) in [6.45, 7) is 9.21. The first-order valence-corrected chi connectivity index (χ1v) is 12.4. The molecule has 0 atom stereocenters. The van der Waals surface area contributed by atoms with Crippen molar-refractivity contribution >= 4 is 22.1 Å². The molecule has 5 aromatic carbocycles. The molecule has 0 aliphatic heterocycles. The van der Waals surface area contributed by atoms with Crippen molar-refractivity contribution in [2.75, 3.05) is 5.32 Å². The Kier molecular flexibility index (Phi) is 5.94. The maximum Gasteiger partial charge on any atom is 0.0432 e. The lowest BCUT2D eigenvalue weighted by molar-refractivity contribution is 0.641. The Morgan fingerprint density at radius 2 is 0.971 bits per heavy atom. The highest BCUT2D eigenvalue weighted by Crippen LogP contribution is 2.42. The van der Waals surface area contributed by atoms with Gasteiger partial charge in [-0.15, -0.1) is 0 Å². The SMILES string of the molecule is CC(C)(c1ccccc1)c1ccc(Nc2ccc3ccccc3c2C(C)(C)c2ccccc2)cc1. The summed E-state index contributed by atoms with van der Waals surface area (Å²) in [5.41, 5.74) is 7.27. The second kappa shape index (κ2) is 9.07. The number of nitrogens with one attached hydrogen (secondary N) is 1. The van der Waals surface area contributed by atoms with Gasteiger partial charge in [0.15, 0.2) is 0 Å². The minimum Gasteiger partial charge on any atom is -0.355 e. The normalized spacial score (nSPS) is 12.0. The van der Waals surface area contributed by atoms with Crippen LogP contribution in [0.2, 0.25) is 0 Å². The summed E-state index contributed by atoms with van der Waals surface area (Å²) < 4.78 is 0. The summed E-state index contributed by atoms with van der Waals surface area (Å²) in [6.07, 6.45) is 0. The van der Waals surface area contributed by atoms with Gasteiger partial charge in [0.05, 0.1) is 0 Å². The van der Waals surface area contributed by atoms with Crippen LogP contribution in [0.3, 0.4) is 0 Å². The largest absolute Gasteiger partial charge is 0.355 e. The van der Waals surface area contributed by atoms with Gasteiger partial charge in [-0.1, -0.05) is 131 Å². The molecule has 0 aliphatic carbocycles. The predicted octanol–water partition coefficient (Wildman–Crippen LogP) is 9.24. The van der Waals surface area contributed by atoms with E-state index in [-0.39, 0.29) is 10.8 Å². The fourth-order valence-electron chi connectivity index (χ4n) is 5.20. The highest BCUT2D eigenvalue weighted by molar-refractivity contribution is 5.92. The van der Waals surface area contributed by atoms with Crippen LogP contribution in [0.15, 0.2) is 121 Å². The van der Waals surface area contributed by atoms with Crippen molar-refractivity contribution in [2.24, 2.45) is 0 Å². The molecule has 0 aromatic heterocycles. The van der Waals surface area contributed by atoms with Gasteiger partial charge in [0.25, 0.3) is 0 Å². The first-order chi connectivity index (χ1) is 16.9. The topological polar surface area (TPSA) is 12.0 Å². The van der Waals surface area contributed by atoms with Crippen molar-refractivity contribution < 1.29 is 0 Å². The average molecular weight is 456 g/mol. The zero-order chi connectivity index (χ0) is 24.5. The molecule has 5 rings (SSSR count). The molecule has 35 heavy (non-hydrogen) atoms. The van der Waals surface area contributed by atoms with Crippen LogP contribution in [0.1, 0.15) is 49.9 Å². The number of rotatable bonds is 6. The van der Waals surface area contributed by atoms with Gasteiger partial charge in [0.1, 0.15) is 0 Å². The van der Waals surface area contributed by atoms with E-state index in [1.54, 1.807) is 0 Å². The molecule has 0 unspecified atom stereocenters. The maximum absolute atomic E-state index is 3.76. The number of fused-ring (bicyclic) bond motifs is 1. The molecule has 174 valence electrons. The summed E-state index contributed by atoms with van der Waals surface area (Å²) in [5.74, 6) is 0. The summed E-state index contributed by atoms with van der Waals surface area (Å²) >= 11 is 0. The van der Waals surface area contributed by atoms with Gasteiger partial charge in [-0.3, -0.25) is 0 Å². The lowest BCUT2D eigenvalue weighted by Gasteiger charge is -2.31. The Hall–Kier alpha value is -3.84. The van der Waals surface area contributed by atoms with E-state index in [0.717, 1.165) is 11.4 Å². The van der Waals surface area contributed by atoms with Gasteiger partial charge in [0, 0.05) is 22.2 Å². The number of hydrogen-bond donors (Lipinski definition) is 1. The van der Waals surface area contributed by atoms with Gasteiger partial charge in [0.2, 0.25) is 0 Å². The van der Waals surface area contributed by atoms with Crippen molar-refractivity contribution in [3.05, 3.63) is 144 Å². The maximum atomic E-state index is 3.76. The van der Waals surface area contributed by atoms with Crippen molar-refractivity contribution in [2.45, 2.75) is 38.5 Å². The second-order valence-electron chi connectivity index (χ2n) is 10.4. The van der Waals surface area contributed by atoms with Gasteiger partial charge in [-0.05, 0) is 51.2 Å². The summed E-state index contributed by atoms with van der Waals surface area (Å²) in [4.78, 5) is 0. The van der Waals surface area contributed by atoms with Gasteiger partial charge in [-0.25, -0.2) is 0 Å². The van der Waals surface area contributed by atoms with Crippen molar-refractivity contribution in [3.8, 4) is 0 Å². The van der Waals surface area contributed by atoms with E-state index in [4.69, 9.17) is 0 Å². The fourth-order valence-corrected chi connectivity index (χ4v) is 5.20. The summed E-state index contributed by atoms with van der Waals surface area (Å²) in [5, 5.41) is 6.31. The van der Waals surface area contributed by atoms with Crippen molar-refractivity contribution in [1.82, 2.24) is 0 Å². The predicted molar refractivity (Wildman–Crippen MR) is 151 cm³/mol. The smallest absolute Gasteiger partial charge is 0.0432 e. The van der Waals surface area contributed by atoms with Gasteiger partial charge >= 0.3 is 0 Å². The minimum atomic E-state index is -0.167. The third kappa shape index (κ3) is 4.35. The number of benzene rings is 5. The average Bonchev–Trinajstić information content (AvgIpc) is 2.90. The van der Waals surface area contributed by atoms with Gasteiger partial charge in [-0.2, -0.15) is 0 Å². The van der Waals surface area contributed by atoms with Crippen LogP contribution < -0.4 is 5.32 Å². The van der Waals surface area contributed by atoms with E-state index >= 15 is 0 Å². The zero-order valence-electron chi connectivity index (χ0n) is 21.0. The summed E-state index contributed by atoms with van der Waals surface area (Å²) in [7, 11) is 0. The quantitative estimate of drug-likeness (QED) is 0.269. The minimum absolute atomic E-state index is 0.0524. The number of hydrogen-bond acceptors (Lipinski definition) is 1. The van der Waals surface area contributed by atoms with Crippen molar-refractivity contribution in [3.63, 3.8) is 0 Å². The molecular weight excluding hydrogens is 422 g/mol. The van der Waals surface area contributed by atoms with Crippen LogP contribution in [-0.2, 0) is 10.8 Å². The molecule has 1 N–H and O–H groups in total. The van der Waals surface area contributed by atoms with E-state index in [9.17, 15) is 0 Å². The first kappa shape index (κ1) is 22.9. The van der Waals surface area contributed by atoms with Crippen LogP contribution >= 0.6 is 0 Å². The van der Waals surface area contributed by atoms with Crippen molar-refractivity contribution in [1.29, 1.82) is 0 Å². The molecule has 0 amide bonds. The van der Waals surface area contributed by atoms with E-state index in [2.05, 4.69) is 154 Å². The first-order valence-electron chi connectivity index (χ1n) is 12.4. The molecule has 0 spiro atoms. The van der Waals surface area contributed by atoms with Crippen LogP contribution in [0.5, 0.6) is 0 Å². The molecular formula is C34H33N. The third-order valence-electron chi connectivity index (χ3n) is 7.43. The molecule has 0 bridgehead atoms. The van der Waals surface area contributed by atoms with E-state index < -0.39 is 0 Å². The highest BCUT2D eigenvalue weighted by atomic mass is 14.9. The fraction of sp³-hybridized carbons (Fsp3) is 0.176. The third-order valence-corrected chi connectivity index (χ3v) is 7.43. The van der Waals surface area contributed by atoms with E-state index in [1.807, 2.05) is 0 Å². The van der Waals surface area contributed by atoms with Gasteiger partial charge < -0.3 is 5.32 Å². The molecule has 0 saturated carbocycles. The standard InChI is InChI=1S/C34H33N/c1-33(2,26-14-7-5-8-15-26)28-20-22-29(23-21-28)35-31-24-19-25-13-11-12-18-30(25)32(31)34(3,4)27-16-9-6-10-17-27/h5-24,35H,1-4H3. The second-order valence-corrected chi connectivity index (χ2v) is 10.4. The molecule has 0 saturated heterocycles. The van der Waals surface area contributed by atoms with E-state index in [0.29, 0.717) is 0 Å².